The zero-order valence-corrected chi connectivity index (χ0v) is 13.6. The van der Waals surface area contributed by atoms with Crippen molar-refractivity contribution in [3.05, 3.63) is 24.2 Å². The van der Waals surface area contributed by atoms with Crippen LogP contribution in [0.1, 0.15) is 29.8 Å². The average molecular weight is 319 g/mol. The molecule has 0 saturated carbocycles. The number of Topliss-reactive ketones (excluding diaryl/α,β-unsaturated/α-hetero) is 1. The van der Waals surface area contributed by atoms with Crippen LogP contribution in [-0.2, 0) is 4.79 Å². The van der Waals surface area contributed by atoms with Crippen molar-refractivity contribution in [2.45, 2.75) is 19.3 Å². The zero-order chi connectivity index (χ0) is 16.1. The molecule has 0 aliphatic carbocycles. The Morgan fingerprint density at radius 3 is 2.17 bits per heavy atom. The standard InChI is InChI=1S/C17H25N3O3/c21-15(16-5-4-12-23-16)13-18-8-10-19(11-9-18)14-17(22)20-6-2-1-3-7-20/h4-5,12H,1-3,6-11,13-14H2. The van der Waals surface area contributed by atoms with Crippen LogP contribution in [0.25, 0.3) is 0 Å². The first-order valence-corrected chi connectivity index (χ1v) is 8.51. The summed E-state index contributed by atoms with van der Waals surface area (Å²) in [5.74, 6) is 0.699. The summed E-state index contributed by atoms with van der Waals surface area (Å²) in [6.07, 6.45) is 5.03. The lowest BCUT2D eigenvalue weighted by molar-refractivity contribution is -0.133. The fraction of sp³-hybridized carbons (Fsp3) is 0.647. The lowest BCUT2D eigenvalue weighted by Crippen LogP contribution is -2.51. The molecule has 0 atom stereocenters. The molecule has 0 bridgehead atoms. The van der Waals surface area contributed by atoms with Gasteiger partial charge >= 0.3 is 0 Å². The molecule has 0 spiro atoms. The highest BCUT2D eigenvalue weighted by Gasteiger charge is 2.24. The summed E-state index contributed by atoms with van der Waals surface area (Å²) in [6.45, 7) is 6.05. The van der Waals surface area contributed by atoms with Gasteiger partial charge in [-0.3, -0.25) is 19.4 Å². The van der Waals surface area contributed by atoms with Crippen molar-refractivity contribution in [1.82, 2.24) is 14.7 Å². The van der Waals surface area contributed by atoms with Gasteiger partial charge in [0.2, 0.25) is 11.7 Å². The third-order valence-corrected chi connectivity index (χ3v) is 4.70. The summed E-state index contributed by atoms with van der Waals surface area (Å²) >= 11 is 0. The van der Waals surface area contributed by atoms with Gasteiger partial charge in [0.25, 0.3) is 0 Å². The smallest absolute Gasteiger partial charge is 0.236 e. The van der Waals surface area contributed by atoms with Crippen LogP contribution in [-0.4, -0.2) is 78.7 Å². The summed E-state index contributed by atoms with van der Waals surface area (Å²) in [7, 11) is 0. The van der Waals surface area contributed by atoms with Crippen LogP contribution in [0, 0.1) is 0 Å². The number of piperidine rings is 1. The van der Waals surface area contributed by atoms with E-state index in [1.54, 1.807) is 12.1 Å². The van der Waals surface area contributed by atoms with Crippen LogP contribution >= 0.6 is 0 Å². The number of piperazine rings is 1. The van der Waals surface area contributed by atoms with E-state index in [2.05, 4.69) is 9.80 Å². The second-order valence-corrected chi connectivity index (χ2v) is 6.39. The summed E-state index contributed by atoms with van der Waals surface area (Å²) in [6, 6.07) is 3.44. The quantitative estimate of drug-likeness (QED) is 0.761. The van der Waals surface area contributed by atoms with Crippen LogP contribution in [0.4, 0.5) is 0 Å². The number of nitrogens with zero attached hydrogens (tertiary/aromatic N) is 3. The molecule has 2 fully saturated rings. The molecule has 2 aliphatic rings. The molecule has 2 aliphatic heterocycles. The van der Waals surface area contributed by atoms with E-state index >= 15 is 0 Å². The number of rotatable bonds is 5. The summed E-state index contributed by atoms with van der Waals surface area (Å²) in [5.41, 5.74) is 0. The van der Waals surface area contributed by atoms with Gasteiger partial charge in [-0.15, -0.1) is 0 Å². The Balaban J connectivity index is 1.40. The van der Waals surface area contributed by atoms with Gasteiger partial charge in [0.15, 0.2) is 5.76 Å². The Morgan fingerprint density at radius 2 is 1.57 bits per heavy atom. The Bertz CT molecular complexity index is 515. The summed E-state index contributed by atoms with van der Waals surface area (Å²) in [4.78, 5) is 30.6. The zero-order valence-electron chi connectivity index (χ0n) is 13.6. The topological polar surface area (TPSA) is 57.0 Å². The van der Waals surface area contributed by atoms with Crippen molar-refractivity contribution in [1.29, 1.82) is 0 Å². The molecule has 6 nitrogen and oxygen atoms in total. The summed E-state index contributed by atoms with van der Waals surface area (Å²) in [5, 5.41) is 0. The molecular formula is C17H25N3O3. The lowest BCUT2D eigenvalue weighted by atomic mass is 10.1. The first-order chi connectivity index (χ1) is 11.2. The largest absolute Gasteiger partial charge is 0.461 e. The van der Waals surface area contributed by atoms with Crippen molar-refractivity contribution < 1.29 is 14.0 Å². The number of furan rings is 1. The highest BCUT2D eigenvalue weighted by Crippen LogP contribution is 2.10. The van der Waals surface area contributed by atoms with Gasteiger partial charge in [0.05, 0.1) is 19.4 Å². The van der Waals surface area contributed by atoms with Crippen molar-refractivity contribution >= 4 is 11.7 Å². The van der Waals surface area contributed by atoms with Gasteiger partial charge in [0, 0.05) is 39.3 Å². The molecule has 0 unspecified atom stereocenters. The predicted octanol–water partition coefficient (Wildman–Crippen LogP) is 1.09. The van der Waals surface area contributed by atoms with Gasteiger partial charge in [-0.2, -0.15) is 0 Å². The van der Waals surface area contributed by atoms with Crippen LogP contribution in [0.2, 0.25) is 0 Å². The Morgan fingerprint density at radius 1 is 0.913 bits per heavy atom. The predicted molar refractivity (Wildman–Crippen MR) is 86.3 cm³/mol. The number of hydrogen-bond acceptors (Lipinski definition) is 5. The van der Waals surface area contributed by atoms with Gasteiger partial charge in [0.1, 0.15) is 0 Å². The SMILES string of the molecule is O=C(CN1CCN(CC(=O)N2CCCCC2)CC1)c1ccco1. The molecule has 0 N–H and O–H groups in total. The molecule has 6 heteroatoms. The number of carbonyl (C=O) groups excluding carboxylic acids is 2. The Hall–Kier alpha value is -1.66. The lowest BCUT2D eigenvalue weighted by Gasteiger charge is -2.35. The van der Waals surface area contributed by atoms with E-state index in [9.17, 15) is 9.59 Å². The number of amides is 1. The van der Waals surface area contributed by atoms with Crippen molar-refractivity contribution in [3.8, 4) is 0 Å². The highest BCUT2D eigenvalue weighted by molar-refractivity contribution is 5.95. The van der Waals surface area contributed by atoms with Gasteiger partial charge in [-0.05, 0) is 31.4 Å². The second kappa shape index (κ2) is 7.75. The molecule has 1 aromatic rings. The molecule has 1 aromatic heterocycles. The fourth-order valence-electron chi connectivity index (χ4n) is 3.26. The van der Waals surface area contributed by atoms with E-state index in [4.69, 9.17) is 4.42 Å². The van der Waals surface area contributed by atoms with Crippen LogP contribution in [0.15, 0.2) is 22.8 Å². The van der Waals surface area contributed by atoms with Crippen molar-refractivity contribution in [2.24, 2.45) is 0 Å². The normalized spacial score (nSPS) is 20.6. The van der Waals surface area contributed by atoms with Crippen LogP contribution in [0.3, 0.4) is 0 Å². The van der Waals surface area contributed by atoms with E-state index < -0.39 is 0 Å². The van der Waals surface area contributed by atoms with Gasteiger partial charge in [-0.25, -0.2) is 0 Å². The highest BCUT2D eigenvalue weighted by atomic mass is 16.3. The minimum atomic E-state index is 0.0212. The molecule has 2 saturated heterocycles. The minimum Gasteiger partial charge on any atom is -0.461 e. The molecule has 126 valence electrons. The fourth-order valence-corrected chi connectivity index (χ4v) is 3.26. The molecule has 3 heterocycles. The van der Waals surface area contributed by atoms with Crippen molar-refractivity contribution in [2.75, 3.05) is 52.4 Å². The van der Waals surface area contributed by atoms with Crippen LogP contribution < -0.4 is 0 Å². The van der Waals surface area contributed by atoms with E-state index in [1.165, 1.54) is 12.7 Å². The third kappa shape index (κ3) is 4.42. The van der Waals surface area contributed by atoms with E-state index in [-0.39, 0.29) is 11.7 Å². The third-order valence-electron chi connectivity index (χ3n) is 4.70. The molecule has 23 heavy (non-hydrogen) atoms. The molecule has 0 radical (unpaired) electrons. The van der Waals surface area contributed by atoms with E-state index in [0.717, 1.165) is 52.1 Å². The first kappa shape index (κ1) is 16.2. The van der Waals surface area contributed by atoms with E-state index in [1.807, 2.05) is 4.90 Å². The number of hydrogen-bond donors (Lipinski definition) is 0. The monoisotopic (exact) mass is 319 g/mol. The van der Waals surface area contributed by atoms with Gasteiger partial charge < -0.3 is 9.32 Å². The Kier molecular flexibility index (Phi) is 5.46. The number of ketones is 1. The maximum atomic E-state index is 12.3. The summed E-state index contributed by atoms with van der Waals surface area (Å²) < 4.78 is 5.14. The van der Waals surface area contributed by atoms with Crippen LogP contribution in [0.5, 0.6) is 0 Å². The number of carbonyl (C=O) groups is 2. The van der Waals surface area contributed by atoms with Gasteiger partial charge in [-0.1, -0.05) is 0 Å². The number of likely N-dealkylation sites (tertiary alicyclic amines) is 1. The second-order valence-electron chi connectivity index (χ2n) is 6.39. The maximum Gasteiger partial charge on any atom is 0.236 e. The molecule has 3 rings (SSSR count). The molecule has 0 aromatic carbocycles. The first-order valence-electron chi connectivity index (χ1n) is 8.51. The minimum absolute atomic E-state index is 0.0212. The molecular weight excluding hydrogens is 294 g/mol. The van der Waals surface area contributed by atoms with E-state index in [0.29, 0.717) is 18.8 Å². The average Bonchev–Trinajstić information content (AvgIpc) is 3.12. The van der Waals surface area contributed by atoms with Crippen molar-refractivity contribution in [3.63, 3.8) is 0 Å². The molecule has 1 amide bonds. The maximum absolute atomic E-state index is 12.3. The Labute approximate surface area is 137 Å².